The molecule has 2 bridgehead atoms. The number of thiazole rings is 1. The summed E-state index contributed by atoms with van der Waals surface area (Å²) in [6, 6.07) is 10.5. The van der Waals surface area contributed by atoms with E-state index in [2.05, 4.69) is 60.1 Å². The van der Waals surface area contributed by atoms with Crippen LogP contribution in [0.4, 0.5) is 0 Å². The van der Waals surface area contributed by atoms with Crippen LogP contribution in [0.25, 0.3) is 0 Å². The Balaban J connectivity index is 1.70. The first-order valence-electron chi connectivity index (χ1n) is 10.1. The maximum atomic E-state index is 13.6. The lowest BCUT2D eigenvalue weighted by molar-refractivity contribution is 0.214. The van der Waals surface area contributed by atoms with E-state index in [0.29, 0.717) is 12.5 Å². The Morgan fingerprint density at radius 2 is 1.89 bits per heavy atom. The molecule has 2 atom stereocenters. The average molecular weight is 394 g/mol. The molecule has 0 spiro atoms. The molecule has 0 aliphatic heterocycles. The van der Waals surface area contributed by atoms with E-state index in [9.17, 15) is 4.79 Å². The predicted molar refractivity (Wildman–Crippen MR) is 113 cm³/mol. The zero-order chi connectivity index (χ0) is 19.7. The highest BCUT2D eigenvalue weighted by Crippen LogP contribution is 2.67. The van der Waals surface area contributed by atoms with Crippen molar-refractivity contribution in [3.63, 3.8) is 0 Å². The van der Waals surface area contributed by atoms with Crippen molar-refractivity contribution in [2.24, 2.45) is 5.41 Å². The number of rotatable bonds is 4. The molecule has 5 heteroatoms. The van der Waals surface area contributed by atoms with Crippen molar-refractivity contribution in [1.29, 1.82) is 0 Å². The molecule has 1 saturated carbocycles. The summed E-state index contributed by atoms with van der Waals surface area (Å²) in [5.41, 5.74) is 4.92. The van der Waals surface area contributed by atoms with Crippen LogP contribution in [0.3, 0.4) is 0 Å². The minimum atomic E-state index is 0.0458. The summed E-state index contributed by atoms with van der Waals surface area (Å²) in [4.78, 5) is 18.2. The van der Waals surface area contributed by atoms with E-state index in [-0.39, 0.29) is 16.4 Å². The number of benzene rings is 1. The molecule has 0 amide bonds. The Morgan fingerprint density at radius 1 is 1.14 bits per heavy atom. The van der Waals surface area contributed by atoms with Crippen LogP contribution < -0.4 is 5.56 Å². The smallest absolute Gasteiger partial charge is 0.270 e. The van der Waals surface area contributed by atoms with Gasteiger partial charge in [-0.1, -0.05) is 51.1 Å². The fourth-order valence-electron chi connectivity index (χ4n) is 5.65. The van der Waals surface area contributed by atoms with Crippen LogP contribution in [0.15, 0.2) is 40.5 Å². The third-order valence-electron chi connectivity index (χ3n) is 7.52. The molecule has 0 radical (unpaired) electrons. The molecule has 1 aromatic carbocycles. The first-order chi connectivity index (χ1) is 13.3. The molecule has 2 aromatic heterocycles. The second-order valence-electron chi connectivity index (χ2n) is 9.17. The second kappa shape index (κ2) is 5.93. The Bertz CT molecular complexity index is 1100. The minimum absolute atomic E-state index is 0.0458. The van der Waals surface area contributed by atoms with Crippen molar-refractivity contribution in [1.82, 2.24) is 14.3 Å². The van der Waals surface area contributed by atoms with Gasteiger partial charge in [-0.05, 0) is 36.7 Å². The highest BCUT2D eigenvalue weighted by Gasteiger charge is 2.62. The first-order valence-corrected chi connectivity index (χ1v) is 11.0. The summed E-state index contributed by atoms with van der Waals surface area (Å²) in [6.07, 6.45) is 2.28. The van der Waals surface area contributed by atoms with Gasteiger partial charge in [-0.3, -0.25) is 9.48 Å². The summed E-state index contributed by atoms with van der Waals surface area (Å²) in [7, 11) is 0. The van der Waals surface area contributed by atoms with E-state index >= 15 is 0 Å². The summed E-state index contributed by atoms with van der Waals surface area (Å²) in [5.74, 6) is 0.362. The third-order valence-corrected chi connectivity index (χ3v) is 8.34. The molecular formula is C23H27N3OS. The summed E-state index contributed by atoms with van der Waals surface area (Å²) in [5, 5.41) is 3.12. The Hall–Kier alpha value is -2.14. The molecule has 2 unspecified atom stereocenters. The molecule has 28 heavy (non-hydrogen) atoms. The molecule has 2 aliphatic rings. The molecule has 1 fully saturated rings. The maximum Gasteiger partial charge on any atom is 0.270 e. The lowest BCUT2D eigenvalue weighted by Crippen LogP contribution is -2.36. The fraction of sp³-hybridized carbons (Fsp3) is 0.478. The normalized spacial score (nSPS) is 24.6. The maximum absolute atomic E-state index is 13.6. The molecule has 0 N–H and O–H groups in total. The van der Waals surface area contributed by atoms with Crippen molar-refractivity contribution < 1.29 is 0 Å². The minimum Gasteiger partial charge on any atom is -0.281 e. The average Bonchev–Trinajstić information content (AvgIpc) is 3.31. The number of nitrogens with zero attached hydrogens (tertiary/aromatic N) is 3. The van der Waals surface area contributed by atoms with Crippen LogP contribution in [0.2, 0.25) is 0 Å². The molecule has 146 valence electrons. The highest BCUT2D eigenvalue weighted by atomic mass is 32.1. The van der Waals surface area contributed by atoms with Crippen LogP contribution in [-0.4, -0.2) is 14.3 Å². The van der Waals surface area contributed by atoms with Gasteiger partial charge in [0.1, 0.15) is 0 Å². The zero-order valence-corrected chi connectivity index (χ0v) is 17.8. The molecule has 0 saturated heterocycles. The summed E-state index contributed by atoms with van der Waals surface area (Å²) >= 11 is 1.65. The van der Waals surface area contributed by atoms with Crippen molar-refractivity contribution in [2.45, 2.75) is 65.0 Å². The van der Waals surface area contributed by atoms with Crippen molar-refractivity contribution in [2.75, 3.05) is 0 Å². The largest absolute Gasteiger partial charge is 0.281 e. The molecule has 5 rings (SSSR count). The summed E-state index contributed by atoms with van der Waals surface area (Å²) in [6.45, 7) is 10.4. The first kappa shape index (κ1) is 17.9. The SMILES string of the molecule is Cc1nc(Cn2c(=O)c3c(n2Cc2ccccc2)C2(C)CCC3C2(C)C)cs1. The lowest BCUT2D eigenvalue weighted by Gasteiger charge is -2.36. The Morgan fingerprint density at radius 3 is 2.57 bits per heavy atom. The van der Waals surface area contributed by atoms with Crippen molar-refractivity contribution >= 4 is 11.3 Å². The fourth-order valence-corrected chi connectivity index (χ4v) is 6.25. The van der Waals surface area contributed by atoms with Gasteiger partial charge in [0, 0.05) is 16.4 Å². The van der Waals surface area contributed by atoms with E-state index in [0.717, 1.165) is 35.7 Å². The number of aryl methyl sites for hydroxylation is 1. The lowest BCUT2D eigenvalue weighted by atomic mass is 9.70. The van der Waals surface area contributed by atoms with Gasteiger partial charge in [0.2, 0.25) is 0 Å². The molecule has 4 nitrogen and oxygen atoms in total. The number of hydrogen-bond donors (Lipinski definition) is 0. The van der Waals surface area contributed by atoms with E-state index in [1.54, 1.807) is 11.3 Å². The molecule has 2 heterocycles. The number of aromatic nitrogens is 3. The predicted octanol–water partition coefficient (Wildman–Crippen LogP) is 4.69. The van der Waals surface area contributed by atoms with Gasteiger partial charge in [0.05, 0.1) is 29.5 Å². The van der Waals surface area contributed by atoms with Crippen LogP contribution in [-0.2, 0) is 18.5 Å². The molecular weight excluding hydrogens is 366 g/mol. The standard InChI is InChI=1S/C23H27N3OS/c1-15-24-17(14-28-15)13-26-21(27)19-18-10-11-23(4,22(18,2)3)20(19)25(26)12-16-8-6-5-7-9-16/h5-9,14,18H,10-13H2,1-4H3. The van der Waals surface area contributed by atoms with Crippen LogP contribution in [0.5, 0.6) is 0 Å². The van der Waals surface area contributed by atoms with Gasteiger partial charge in [-0.15, -0.1) is 11.3 Å². The van der Waals surface area contributed by atoms with E-state index in [1.165, 1.54) is 11.3 Å². The van der Waals surface area contributed by atoms with Crippen LogP contribution >= 0.6 is 11.3 Å². The van der Waals surface area contributed by atoms with Gasteiger partial charge >= 0.3 is 0 Å². The van der Waals surface area contributed by atoms with Gasteiger partial charge in [0.15, 0.2) is 0 Å². The van der Waals surface area contributed by atoms with E-state index in [4.69, 9.17) is 0 Å². The second-order valence-corrected chi connectivity index (χ2v) is 10.2. The van der Waals surface area contributed by atoms with Gasteiger partial charge in [0.25, 0.3) is 5.56 Å². The number of hydrogen-bond acceptors (Lipinski definition) is 3. The Kier molecular flexibility index (Phi) is 3.80. The van der Waals surface area contributed by atoms with Gasteiger partial charge in [-0.2, -0.15) is 0 Å². The molecule has 3 aromatic rings. The Labute approximate surface area is 169 Å². The highest BCUT2D eigenvalue weighted by molar-refractivity contribution is 7.09. The monoisotopic (exact) mass is 393 g/mol. The number of fused-ring (bicyclic) bond motifs is 5. The molecule has 2 aliphatic carbocycles. The quantitative estimate of drug-likeness (QED) is 0.645. The van der Waals surface area contributed by atoms with Crippen molar-refractivity contribution in [3.8, 4) is 0 Å². The van der Waals surface area contributed by atoms with Crippen LogP contribution in [0, 0.1) is 12.3 Å². The topological polar surface area (TPSA) is 39.8 Å². The van der Waals surface area contributed by atoms with Gasteiger partial charge < -0.3 is 0 Å². The van der Waals surface area contributed by atoms with Crippen molar-refractivity contribution in [3.05, 3.63) is 73.6 Å². The third kappa shape index (κ3) is 2.29. The van der Waals surface area contributed by atoms with Crippen LogP contribution in [0.1, 0.15) is 67.1 Å². The van der Waals surface area contributed by atoms with E-state index < -0.39 is 0 Å². The summed E-state index contributed by atoms with van der Waals surface area (Å²) < 4.78 is 4.24. The zero-order valence-electron chi connectivity index (χ0n) is 17.0. The van der Waals surface area contributed by atoms with Gasteiger partial charge in [-0.25, -0.2) is 9.67 Å². The van der Waals surface area contributed by atoms with E-state index in [1.807, 2.05) is 17.7 Å².